The third-order valence-corrected chi connectivity index (χ3v) is 9.62. The molecule has 0 aliphatic heterocycles. The van der Waals surface area contributed by atoms with E-state index in [9.17, 15) is 0 Å². The second kappa shape index (κ2) is 10.5. The number of nitrogens with zero attached hydrogens (tertiary/aromatic N) is 4. The van der Waals surface area contributed by atoms with Crippen LogP contribution in [-0.4, -0.2) is 14.3 Å². The highest BCUT2D eigenvalue weighted by Gasteiger charge is 2.25. The van der Waals surface area contributed by atoms with Crippen LogP contribution in [-0.2, 0) is 0 Å². The molecular formula is C44H29N4+. The van der Waals surface area contributed by atoms with Crippen molar-refractivity contribution in [3.8, 4) is 27.9 Å². The second-order valence-electron chi connectivity index (χ2n) is 12.3. The Morgan fingerprint density at radius 3 is 1.71 bits per heavy atom. The van der Waals surface area contributed by atoms with Crippen LogP contribution >= 0.6 is 0 Å². The molecular weight excluding hydrogens is 585 g/mol. The van der Waals surface area contributed by atoms with Gasteiger partial charge in [0.1, 0.15) is 16.6 Å². The zero-order chi connectivity index (χ0) is 31.6. The average Bonchev–Trinajstić information content (AvgIpc) is 3.68. The van der Waals surface area contributed by atoms with Gasteiger partial charge in [0.15, 0.2) is 0 Å². The van der Waals surface area contributed by atoms with Crippen LogP contribution in [0.15, 0.2) is 176 Å². The average molecular weight is 614 g/mol. The Labute approximate surface area is 276 Å². The molecule has 3 aromatic heterocycles. The molecule has 0 saturated heterocycles. The van der Waals surface area contributed by atoms with Crippen LogP contribution in [0, 0.1) is 0 Å². The first-order valence-electron chi connectivity index (χ1n) is 16.3. The summed E-state index contributed by atoms with van der Waals surface area (Å²) in [4.78, 5) is 2.04. The molecule has 48 heavy (non-hydrogen) atoms. The molecule has 7 aromatic carbocycles. The largest absolute Gasteiger partial charge is 0.309 e. The molecule has 10 aromatic rings. The molecule has 3 heterocycles. The van der Waals surface area contributed by atoms with Crippen molar-refractivity contribution in [1.82, 2.24) is 14.3 Å². The summed E-state index contributed by atoms with van der Waals surface area (Å²) in [7, 11) is 0. The highest BCUT2D eigenvalue weighted by molar-refractivity contribution is 6.28. The van der Waals surface area contributed by atoms with Gasteiger partial charge in [0, 0.05) is 42.5 Å². The normalized spacial score (nSPS) is 11.8. The molecule has 4 nitrogen and oxygen atoms in total. The van der Waals surface area contributed by atoms with Crippen LogP contribution in [0.3, 0.4) is 0 Å². The second-order valence-corrected chi connectivity index (χ2v) is 12.3. The third-order valence-electron chi connectivity index (χ3n) is 9.62. The van der Waals surface area contributed by atoms with Crippen LogP contribution in [0.25, 0.3) is 82.5 Å². The van der Waals surface area contributed by atoms with E-state index in [2.05, 4.69) is 185 Å². The van der Waals surface area contributed by atoms with Crippen LogP contribution in [0.4, 0.5) is 0 Å². The quantitative estimate of drug-likeness (QED) is 0.181. The Hall–Kier alpha value is -6.52. The summed E-state index contributed by atoms with van der Waals surface area (Å²) in [6.07, 6.45) is 2.18. The van der Waals surface area contributed by atoms with E-state index < -0.39 is 0 Å². The van der Waals surface area contributed by atoms with Gasteiger partial charge in [-0.2, -0.15) is 0 Å². The molecule has 0 radical (unpaired) electrons. The molecule has 224 valence electrons. The Morgan fingerprint density at radius 2 is 0.938 bits per heavy atom. The Balaban J connectivity index is 1.26. The fourth-order valence-electron chi connectivity index (χ4n) is 7.49. The summed E-state index contributed by atoms with van der Waals surface area (Å²) in [6, 6.07) is 60.5. The monoisotopic (exact) mass is 613 g/mol. The topological polar surface area (TPSA) is 26.6 Å². The molecule has 0 spiro atoms. The Kier molecular flexibility index (Phi) is 5.84. The van der Waals surface area contributed by atoms with Crippen LogP contribution in [0.1, 0.15) is 0 Å². The number of hydrogen-bond donors (Lipinski definition) is 0. The maximum atomic E-state index is 5.24. The van der Waals surface area contributed by atoms with Gasteiger partial charge in [0.2, 0.25) is 6.20 Å². The predicted molar refractivity (Wildman–Crippen MR) is 197 cm³/mol. The fourth-order valence-corrected chi connectivity index (χ4v) is 7.49. The predicted octanol–water partition coefficient (Wildman–Crippen LogP) is 10.4. The van der Waals surface area contributed by atoms with Gasteiger partial charge in [-0.3, -0.25) is 0 Å². The molecule has 0 aliphatic rings. The van der Waals surface area contributed by atoms with Crippen molar-refractivity contribution in [2.75, 3.05) is 0 Å². The van der Waals surface area contributed by atoms with Crippen molar-refractivity contribution >= 4 is 54.5 Å². The van der Waals surface area contributed by atoms with E-state index in [1.807, 2.05) is 4.79 Å². The van der Waals surface area contributed by atoms with E-state index in [-0.39, 0.29) is 0 Å². The minimum Gasteiger partial charge on any atom is -0.309 e. The number of rotatable bonds is 4. The van der Waals surface area contributed by atoms with E-state index >= 15 is 0 Å². The smallest absolute Gasteiger partial charge is 0.240 e. The van der Waals surface area contributed by atoms with E-state index in [0.29, 0.717) is 0 Å². The van der Waals surface area contributed by atoms with Gasteiger partial charge in [0.05, 0.1) is 16.6 Å². The van der Waals surface area contributed by atoms with Gasteiger partial charge in [-0.15, -0.1) is 0 Å². The minimum atomic E-state index is 0.940. The zero-order valence-electron chi connectivity index (χ0n) is 26.0. The first kappa shape index (κ1) is 26.7. The highest BCUT2D eigenvalue weighted by Crippen LogP contribution is 2.41. The summed E-state index contributed by atoms with van der Waals surface area (Å²) < 4.78 is 4.65. The number of hydrogen-bond acceptors (Lipinski definition) is 1. The molecule has 0 N–H and O–H groups in total. The summed E-state index contributed by atoms with van der Waals surface area (Å²) in [5.41, 5.74) is 11.4. The maximum Gasteiger partial charge on any atom is 0.240 e. The van der Waals surface area contributed by atoms with Crippen molar-refractivity contribution in [1.29, 1.82) is 0 Å². The van der Waals surface area contributed by atoms with Gasteiger partial charge < -0.3 is 4.57 Å². The first-order valence-corrected chi connectivity index (χ1v) is 16.3. The third kappa shape index (κ3) is 3.96. The van der Waals surface area contributed by atoms with E-state index in [1.54, 1.807) is 0 Å². The lowest BCUT2D eigenvalue weighted by molar-refractivity contribution is -0.773. The number of aromatic nitrogens is 4. The van der Waals surface area contributed by atoms with Crippen molar-refractivity contribution < 1.29 is 4.79 Å². The van der Waals surface area contributed by atoms with E-state index in [4.69, 9.17) is 5.10 Å². The molecule has 0 unspecified atom stereocenters. The van der Waals surface area contributed by atoms with Crippen molar-refractivity contribution in [3.05, 3.63) is 176 Å². The van der Waals surface area contributed by atoms with Crippen LogP contribution in [0.5, 0.6) is 0 Å². The van der Waals surface area contributed by atoms with Crippen LogP contribution in [0.2, 0.25) is 0 Å². The first-order chi connectivity index (χ1) is 23.8. The summed E-state index contributed by atoms with van der Waals surface area (Å²) in [6.45, 7) is 0. The molecule has 0 bridgehead atoms. The highest BCUT2D eigenvalue weighted by atomic mass is 15.6. The number of fused-ring (bicyclic) bond motifs is 8. The molecule has 0 aliphatic carbocycles. The van der Waals surface area contributed by atoms with E-state index in [0.717, 1.165) is 38.8 Å². The van der Waals surface area contributed by atoms with E-state index in [1.165, 1.54) is 43.7 Å². The standard InChI is InChI=1S/C44H29N4/c1-3-13-30(14-4-1)31-23-25-32(26-24-31)37-29-46(45-38-20-10-7-17-34(37)38)48-40-22-12-9-19-36(40)44-42(48)28-27-41-43(44)35-18-8-11-21-39(35)47(41)33-15-5-2-6-16-33/h1-29H/q+1. The minimum absolute atomic E-state index is 0.940. The van der Waals surface area contributed by atoms with Gasteiger partial charge in [-0.1, -0.05) is 132 Å². The Bertz CT molecular complexity index is 2810. The lowest BCUT2D eigenvalue weighted by Gasteiger charge is -2.08. The number of benzene rings is 7. The molecule has 10 rings (SSSR count). The summed E-state index contributed by atoms with van der Waals surface area (Å²) in [5.74, 6) is 0. The van der Waals surface area contributed by atoms with Gasteiger partial charge in [-0.05, 0) is 59.2 Å². The van der Waals surface area contributed by atoms with Crippen molar-refractivity contribution in [3.63, 3.8) is 0 Å². The lowest BCUT2D eigenvalue weighted by Crippen LogP contribution is -2.45. The van der Waals surface area contributed by atoms with Gasteiger partial charge >= 0.3 is 0 Å². The summed E-state index contributed by atoms with van der Waals surface area (Å²) >= 11 is 0. The fraction of sp³-hybridized carbons (Fsp3) is 0. The van der Waals surface area contributed by atoms with Crippen molar-refractivity contribution in [2.24, 2.45) is 0 Å². The molecule has 0 fully saturated rings. The summed E-state index contributed by atoms with van der Waals surface area (Å²) in [5, 5.41) is 11.3. The maximum absolute atomic E-state index is 5.24. The molecule has 4 heteroatoms. The Morgan fingerprint density at radius 1 is 0.396 bits per heavy atom. The molecule has 0 saturated carbocycles. The molecule has 0 atom stereocenters. The zero-order valence-corrected chi connectivity index (χ0v) is 26.0. The number of para-hydroxylation sites is 3. The molecule has 0 amide bonds. The van der Waals surface area contributed by atoms with Gasteiger partial charge in [0.25, 0.3) is 0 Å². The van der Waals surface area contributed by atoms with Gasteiger partial charge in [-0.25, -0.2) is 0 Å². The SMILES string of the molecule is c1ccc(-c2ccc(-c3c[n+](-n4c5ccccc5c5c6c7ccccc7n(-c7ccccc7)c6ccc54)nc4ccccc34)cc2)cc1. The lowest BCUT2D eigenvalue weighted by atomic mass is 9.99. The van der Waals surface area contributed by atoms with Crippen molar-refractivity contribution in [2.45, 2.75) is 0 Å². The van der Waals surface area contributed by atoms with Crippen LogP contribution < -0.4 is 4.79 Å².